The number of benzene rings is 1. The number of hydrogen-bond donors (Lipinski definition) is 1. The molecule has 3 rings (SSSR count). The zero-order valence-electron chi connectivity index (χ0n) is 10.7. The van der Waals surface area contributed by atoms with E-state index in [-0.39, 0.29) is 11.5 Å². The normalized spacial score (nSPS) is 29.5. The Kier molecular flexibility index (Phi) is 2.89. The summed E-state index contributed by atoms with van der Waals surface area (Å²) < 4.78 is 38.5. The molecule has 2 N–H and O–H groups in total. The largest absolute Gasteiger partial charge is 0.416 e. The van der Waals surface area contributed by atoms with Crippen LogP contribution in [0.4, 0.5) is 13.2 Å². The Morgan fingerprint density at radius 2 is 1.89 bits per heavy atom. The molecule has 1 nitrogen and oxygen atoms in total. The molecule has 2 aliphatic carbocycles. The molecule has 0 radical (unpaired) electrons. The second kappa shape index (κ2) is 4.23. The van der Waals surface area contributed by atoms with Crippen LogP contribution in [0.2, 0.25) is 0 Å². The van der Waals surface area contributed by atoms with Gasteiger partial charge in [-0.3, -0.25) is 0 Å². The summed E-state index contributed by atoms with van der Waals surface area (Å²) in [5.74, 6) is 0.365. The monoisotopic (exact) mass is 269 g/mol. The maximum absolute atomic E-state index is 12.8. The summed E-state index contributed by atoms with van der Waals surface area (Å²) >= 11 is 0. The average Bonchev–Trinajstić information content (AvgIpc) is 2.30. The van der Waals surface area contributed by atoms with Crippen LogP contribution in [0.3, 0.4) is 0 Å². The maximum atomic E-state index is 12.8. The van der Waals surface area contributed by atoms with Gasteiger partial charge in [0, 0.05) is 6.04 Å². The van der Waals surface area contributed by atoms with Gasteiger partial charge in [0.15, 0.2) is 0 Å². The van der Waals surface area contributed by atoms with E-state index in [9.17, 15) is 13.2 Å². The van der Waals surface area contributed by atoms with Crippen molar-refractivity contribution in [3.05, 3.63) is 35.4 Å². The minimum Gasteiger partial charge on any atom is -0.327 e. The summed E-state index contributed by atoms with van der Waals surface area (Å²) in [4.78, 5) is 0. The molecule has 0 heterocycles. The van der Waals surface area contributed by atoms with Gasteiger partial charge in [0.05, 0.1) is 5.56 Å². The predicted molar refractivity (Wildman–Crippen MR) is 67.7 cm³/mol. The second-order valence-corrected chi connectivity index (χ2v) is 5.94. The van der Waals surface area contributed by atoms with Gasteiger partial charge in [-0.25, -0.2) is 0 Å². The minimum atomic E-state index is -4.26. The molecule has 2 aliphatic rings. The van der Waals surface area contributed by atoms with Crippen molar-refractivity contribution >= 4 is 0 Å². The highest BCUT2D eigenvalue weighted by Crippen LogP contribution is 2.55. The summed E-state index contributed by atoms with van der Waals surface area (Å²) in [6.45, 7) is 0. The van der Waals surface area contributed by atoms with Crippen LogP contribution in [0.25, 0.3) is 0 Å². The first-order valence-corrected chi connectivity index (χ1v) is 6.87. The Balaban J connectivity index is 1.96. The first-order valence-electron chi connectivity index (χ1n) is 6.87. The van der Waals surface area contributed by atoms with E-state index in [1.54, 1.807) is 0 Å². The highest BCUT2D eigenvalue weighted by molar-refractivity contribution is 5.35. The molecule has 0 aliphatic heterocycles. The smallest absolute Gasteiger partial charge is 0.327 e. The van der Waals surface area contributed by atoms with Gasteiger partial charge >= 0.3 is 6.18 Å². The van der Waals surface area contributed by atoms with Crippen LogP contribution < -0.4 is 5.73 Å². The topological polar surface area (TPSA) is 26.0 Å². The molecule has 0 aromatic heterocycles. The highest BCUT2D eigenvalue weighted by Gasteiger charge is 2.51. The number of hydrogen-bond acceptors (Lipinski definition) is 1. The molecule has 2 unspecified atom stereocenters. The fourth-order valence-electron chi connectivity index (χ4n) is 3.65. The lowest BCUT2D eigenvalue weighted by Gasteiger charge is -2.55. The Morgan fingerprint density at radius 3 is 2.32 bits per heavy atom. The van der Waals surface area contributed by atoms with Gasteiger partial charge in [-0.05, 0) is 48.6 Å². The molecule has 0 bridgehead atoms. The zero-order chi connectivity index (χ0) is 13.7. The molecule has 104 valence electrons. The van der Waals surface area contributed by atoms with Crippen molar-refractivity contribution in [3.63, 3.8) is 0 Å². The number of nitrogens with two attached hydrogens (primary N) is 1. The predicted octanol–water partition coefficient (Wildman–Crippen LogP) is 3.86. The third-order valence-electron chi connectivity index (χ3n) is 5.05. The van der Waals surface area contributed by atoms with Crippen molar-refractivity contribution in [2.24, 2.45) is 11.7 Å². The zero-order valence-corrected chi connectivity index (χ0v) is 10.7. The molecule has 2 atom stereocenters. The Morgan fingerprint density at radius 1 is 1.16 bits per heavy atom. The number of alkyl halides is 3. The molecule has 0 amide bonds. The van der Waals surface area contributed by atoms with Gasteiger partial charge in [0.25, 0.3) is 0 Å². The third-order valence-corrected chi connectivity index (χ3v) is 5.05. The van der Waals surface area contributed by atoms with Crippen LogP contribution >= 0.6 is 0 Å². The van der Waals surface area contributed by atoms with Crippen LogP contribution in [-0.2, 0) is 11.6 Å². The SMILES string of the molecule is NC1CCC1C1(c2cccc(C(F)(F)F)c2)CCC1. The lowest BCUT2D eigenvalue weighted by molar-refractivity contribution is -0.137. The van der Waals surface area contributed by atoms with E-state index in [0.29, 0.717) is 5.92 Å². The van der Waals surface area contributed by atoms with E-state index in [2.05, 4.69) is 0 Å². The quantitative estimate of drug-likeness (QED) is 0.866. The molecular formula is C15H18F3N. The van der Waals surface area contributed by atoms with E-state index in [1.807, 2.05) is 6.07 Å². The van der Waals surface area contributed by atoms with Gasteiger partial charge in [-0.1, -0.05) is 24.6 Å². The standard InChI is InChI=1S/C15H18F3N/c16-15(17,18)11-4-1-3-10(9-11)14(7-2-8-14)12-5-6-13(12)19/h1,3-4,9,12-13H,2,5-8,19H2. The molecule has 4 heteroatoms. The van der Waals surface area contributed by atoms with E-state index >= 15 is 0 Å². The average molecular weight is 269 g/mol. The summed E-state index contributed by atoms with van der Waals surface area (Å²) in [7, 11) is 0. The first-order chi connectivity index (χ1) is 8.93. The van der Waals surface area contributed by atoms with Crippen molar-refractivity contribution in [2.75, 3.05) is 0 Å². The summed E-state index contributed by atoms with van der Waals surface area (Å²) in [5.41, 5.74) is 6.28. The highest BCUT2D eigenvalue weighted by atomic mass is 19.4. The Hall–Kier alpha value is -1.03. The van der Waals surface area contributed by atoms with Gasteiger partial charge in [0.1, 0.15) is 0 Å². The van der Waals surface area contributed by atoms with Gasteiger partial charge < -0.3 is 5.73 Å². The molecule has 0 saturated heterocycles. The van der Waals surface area contributed by atoms with Crippen molar-refractivity contribution in [1.29, 1.82) is 0 Å². The molecule has 1 aromatic rings. The molecule has 0 spiro atoms. The summed E-state index contributed by atoms with van der Waals surface area (Å²) in [5, 5.41) is 0. The molecule has 1 aromatic carbocycles. The van der Waals surface area contributed by atoms with Crippen LogP contribution in [-0.4, -0.2) is 6.04 Å². The van der Waals surface area contributed by atoms with Crippen molar-refractivity contribution < 1.29 is 13.2 Å². The van der Waals surface area contributed by atoms with E-state index in [0.717, 1.165) is 43.7 Å². The van der Waals surface area contributed by atoms with E-state index in [1.165, 1.54) is 12.1 Å². The second-order valence-electron chi connectivity index (χ2n) is 5.94. The lowest BCUT2D eigenvalue weighted by Crippen LogP contribution is -2.55. The fraction of sp³-hybridized carbons (Fsp3) is 0.600. The molecule has 19 heavy (non-hydrogen) atoms. The van der Waals surface area contributed by atoms with Crippen LogP contribution in [0.1, 0.15) is 43.2 Å². The van der Waals surface area contributed by atoms with Crippen molar-refractivity contribution in [1.82, 2.24) is 0 Å². The Labute approximate surface area is 111 Å². The van der Waals surface area contributed by atoms with Crippen molar-refractivity contribution in [3.8, 4) is 0 Å². The molecular weight excluding hydrogens is 251 g/mol. The summed E-state index contributed by atoms with van der Waals surface area (Å²) in [6.07, 6.45) is 0.851. The molecule has 2 fully saturated rings. The Bertz CT molecular complexity index is 477. The van der Waals surface area contributed by atoms with E-state index < -0.39 is 11.7 Å². The van der Waals surface area contributed by atoms with Crippen LogP contribution in [0, 0.1) is 5.92 Å². The van der Waals surface area contributed by atoms with Gasteiger partial charge in [-0.15, -0.1) is 0 Å². The van der Waals surface area contributed by atoms with Crippen molar-refractivity contribution in [2.45, 2.75) is 49.7 Å². The number of rotatable bonds is 2. The maximum Gasteiger partial charge on any atom is 0.416 e. The number of halogens is 3. The van der Waals surface area contributed by atoms with Crippen LogP contribution in [0.15, 0.2) is 24.3 Å². The summed E-state index contributed by atoms with van der Waals surface area (Å²) in [6, 6.07) is 6.03. The minimum absolute atomic E-state index is 0.0844. The first kappa shape index (κ1) is 13.0. The van der Waals surface area contributed by atoms with E-state index in [4.69, 9.17) is 5.73 Å². The third kappa shape index (κ3) is 1.97. The fourth-order valence-corrected chi connectivity index (χ4v) is 3.65. The van der Waals surface area contributed by atoms with Gasteiger partial charge in [-0.2, -0.15) is 13.2 Å². The van der Waals surface area contributed by atoms with Gasteiger partial charge in [0.2, 0.25) is 0 Å². The lowest BCUT2D eigenvalue weighted by atomic mass is 9.51. The molecule has 2 saturated carbocycles. The van der Waals surface area contributed by atoms with Crippen LogP contribution in [0.5, 0.6) is 0 Å².